The van der Waals surface area contributed by atoms with Gasteiger partial charge >= 0.3 is 0 Å². The van der Waals surface area contributed by atoms with Gasteiger partial charge in [-0.15, -0.1) is 10.2 Å². The molecule has 4 aromatic rings. The van der Waals surface area contributed by atoms with Crippen LogP contribution >= 0.6 is 11.8 Å². The molecule has 5 rings (SSSR count). The molecule has 0 radical (unpaired) electrons. The van der Waals surface area contributed by atoms with Crippen LogP contribution in [0.3, 0.4) is 0 Å². The lowest BCUT2D eigenvalue weighted by Gasteiger charge is -2.26. The zero-order valence-electron chi connectivity index (χ0n) is 17.7. The smallest absolute Gasteiger partial charge is 0.191 e. The largest absolute Gasteiger partial charge is 0.300 e. The highest BCUT2D eigenvalue weighted by Gasteiger charge is 2.18. The van der Waals surface area contributed by atoms with Crippen molar-refractivity contribution in [3.05, 3.63) is 83.8 Å². The van der Waals surface area contributed by atoms with Crippen LogP contribution in [0.5, 0.6) is 0 Å². The van der Waals surface area contributed by atoms with Gasteiger partial charge in [0.1, 0.15) is 5.82 Å². The van der Waals surface area contributed by atoms with E-state index in [2.05, 4.69) is 79.2 Å². The molecule has 2 aromatic carbocycles. The van der Waals surface area contributed by atoms with E-state index < -0.39 is 0 Å². The van der Waals surface area contributed by atoms with Gasteiger partial charge in [-0.2, -0.15) is 0 Å². The average molecular weight is 430 g/mol. The number of likely N-dealkylation sites (tertiary alicyclic amines) is 1. The van der Waals surface area contributed by atoms with Crippen molar-refractivity contribution in [2.75, 3.05) is 13.1 Å². The first-order chi connectivity index (χ1) is 15.4. The minimum Gasteiger partial charge on any atom is -0.300 e. The van der Waals surface area contributed by atoms with Crippen molar-refractivity contribution in [2.45, 2.75) is 43.3 Å². The molecular formula is C25H27N5S. The molecule has 1 fully saturated rings. The first-order valence-corrected chi connectivity index (χ1v) is 12.0. The Morgan fingerprint density at radius 3 is 2.52 bits per heavy atom. The summed E-state index contributed by atoms with van der Waals surface area (Å²) < 4.78 is 2.30. The lowest BCUT2D eigenvalue weighted by molar-refractivity contribution is 0.213. The predicted molar refractivity (Wildman–Crippen MR) is 126 cm³/mol. The molecule has 0 spiro atoms. The summed E-state index contributed by atoms with van der Waals surface area (Å²) in [6.45, 7) is 3.98. The highest BCUT2D eigenvalue weighted by molar-refractivity contribution is 7.98. The van der Waals surface area contributed by atoms with E-state index in [9.17, 15) is 0 Å². The number of fused-ring (bicyclic) bond motifs is 1. The summed E-state index contributed by atoms with van der Waals surface area (Å²) in [4.78, 5) is 7.12. The average Bonchev–Trinajstić information content (AvgIpc) is 3.20. The van der Waals surface area contributed by atoms with Crippen LogP contribution in [0.4, 0.5) is 0 Å². The number of hydrogen-bond donors (Lipinski definition) is 0. The minimum absolute atomic E-state index is 0.799. The molecule has 0 amide bonds. The first-order valence-electron chi connectivity index (χ1n) is 11.0. The second-order valence-electron chi connectivity index (χ2n) is 8.09. The van der Waals surface area contributed by atoms with Crippen LogP contribution in [0.2, 0.25) is 0 Å². The van der Waals surface area contributed by atoms with Crippen LogP contribution in [-0.2, 0) is 18.8 Å². The summed E-state index contributed by atoms with van der Waals surface area (Å²) in [5.74, 6) is 1.88. The Balaban J connectivity index is 1.40. The Bertz CT molecular complexity index is 1130. The highest BCUT2D eigenvalue weighted by Crippen LogP contribution is 2.27. The van der Waals surface area contributed by atoms with E-state index in [1.54, 1.807) is 11.8 Å². The van der Waals surface area contributed by atoms with Crippen molar-refractivity contribution < 1.29 is 0 Å². The maximum absolute atomic E-state index is 4.62. The monoisotopic (exact) mass is 429 g/mol. The quantitative estimate of drug-likeness (QED) is 0.380. The maximum atomic E-state index is 4.62. The molecule has 0 N–H and O–H groups in total. The highest BCUT2D eigenvalue weighted by atomic mass is 32.2. The molecule has 2 aromatic heterocycles. The summed E-state index contributed by atoms with van der Waals surface area (Å²) >= 11 is 1.75. The van der Waals surface area contributed by atoms with Crippen molar-refractivity contribution >= 4 is 22.7 Å². The zero-order valence-corrected chi connectivity index (χ0v) is 18.5. The van der Waals surface area contributed by atoms with Crippen LogP contribution in [-0.4, -0.2) is 37.7 Å². The normalized spacial score (nSPS) is 14.8. The standard InChI is InChI=1S/C25H27N5S/c1-3-9-20(10-4-1)17-30-23(18-29-15-5-2-6-16-29)27-28-25(30)31-19-22-12-7-11-21-13-8-14-26-24(21)22/h1,3-4,7-14H,2,5-6,15-19H2. The molecule has 1 aliphatic rings. The van der Waals surface area contributed by atoms with Crippen LogP contribution in [0, 0.1) is 0 Å². The molecule has 0 atom stereocenters. The number of pyridine rings is 1. The van der Waals surface area contributed by atoms with Gasteiger partial charge in [-0.3, -0.25) is 9.88 Å². The summed E-state index contributed by atoms with van der Waals surface area (Å²) in [5.41, 5.74) is 3.57. The Morgan fingerprint density at radius 2 is 1.65 bits per heavy atom. The van der Waals surface area contributed by atoms with E-state index >= 15 is 0 Å². The molecule has 3 heterocycles. The maximum Gasteiger partial charge on any atom is 0.191 e. The summed E-state index contributed by atoms with van der Waals surface area (Å²) in [6.07, 6.45) is 5.77. The van der Waals surface area contributed by atoms with E-state index in [0.717, 1.165) is 48.4 Å². The minimum atomic E-state index is 0.799. The fourth-order valence-electron chi connectivity index (χ4n) is 4.21. The van der Waals surface area contributed by atoms with Crippen molar-refractivity contribution in [1.29, 1.82) is 0 Å². The van der Waals surface area contributed by atoms with Crippen LogP contribution in [0.15, 0.2) is 72.0 Å². The summed E-state index contributed by atoms with van der Waals surface area (Å²) in [7, 11) is 0. The third-order valence-corrected chi connectivity index (χ3v) is 6.88. The van der Waals surface area contributed by atoms with E-state index in [0.29, 0.717) is 0 Å². The molecule has 158 valence electrons. The molecule has 1 saturated heterocycles. The number of nitrogens with zero attached hydrogens (tertiary/aromatic N) is 5. The molecule has 0 bridgehead atoms. The zero-order chi connectivity index (χ0) is 20.9. The van der Waals surface area contributed by atoms with Crippen molar-refractivity contribution in [1.82, 2.24) is 24.6 Å². The van der Waals surface area contributed by atoms with E-state index in [1.807, 2.05) is 12.3 Å². The fraction of sp³-hybridized carbons (Fsp3) is 0.320. The molecule has 0 saturated carbocycles. The predicted octanol–water partition coefficient (Wildman–Crippen LogP) is 5.15. The lowest BCUT2D eigenvalue weighted by atomic mass is 10.1. The van der Waals surface area contributed by atoms with Crippen LogP contribution in [0.1, 0.15) is 36.2 Å². The summed E-state index contributed by atoms with van der Waals surface area (Å²) in [5, 5.41) is 11.4. The molecule has 6 heteroatoms. The second kappa shape index (κ2) is 9.62. The third-order valence-electron chi connectivity index (χ3n) is 5.86. The summed E-state index contributed by atoms with van der Waals surface area (Å²) in [6, 6.07) is 21.1. The van der Waals surface area contributed by atoms with Gasteiger partial charge in [0.25, 0.3) is 0 Å². The van der Waals surface area contributed by atoms with Gasteiger partial charge < -0.3 is 4.57 Å². The number of benzene rings is 2. The van der Waals surface area contributed by atoms with Gasteiger partial charge in [0.2, 0.25) is 0 Å². The van der Waals surface area contributed by atoms with Crippen LogP contribution < -0.4 is 0 Å². The topological polar surface area (TPSA) is 46.8 Å². The number of hydrogen-bond acceptors (Lipinski definition) is 5. The van der Waals surface area contributed by atoms with Gasteiger partial charge in [-0.25, -0.2) is 0 Å². The number of aromatic nitrogens is 4. The van der Waals surface area contributed by atoms with Gasteiger partial charge in [-0.05, 0) is 43.1 Å². The number of piperidine rings is 1. The Hall–Kier alpha value is -2.70. The molecular weight excluding hydrogens is 402 g/mol. The number of para-hydroxylation sites is 1. The fourth-order valence-corrected chi connectivity index (χ4v) is 5.15. The van der Waals surface area contributed by atoms with Crippen LogP contribution in [0.25, 0.3) is 10.9 Å². The number of thioether (sulfide) groups is 1. The van der Waals surface area contributed by atoms with Gasteiger partial charge in [-0.1, -0.05) is 72.8 Å². The molecule has 1 aliphatic heterocycles. The molecule has 0 unspecified atom stereocenters. The van der Waals surface area contributed by atoms with Crippen molar-refractivity contribution in [2.24, 2.45) is 0 Å². The first kappa shape index (κ1) is 20.2. The Morgan fingerprint density at radius 1 is 0.806 bits per heavy atom. The van der Waals surface area contributed by atoms with E-state index in [1.165, 1.54) is 35.8 Å². The van der Waals surface area contributed by atoms with E-state index in [4.69, 9.17) is 0 Å². The molecule has 0 aliphatic carbocycles. The van der Waals surface area contributed by atoms with Gasteiger partial charge in [0.05, 0.1) is 18.6 Å². The van der Waals surface area contributed by atoms with Gasteiger partial charge in [0, 0.05) is 17.3 Å². The Labute approximate surface area is 187 Å². The number of rotatable bonds is 7. The Kier molecular flexibility index (Phi) is 6.27. The van der Waals surface area contributed by atoms with Crippen molar-refractivity contribution in [3.63, 3.8) is 0 Å². The molecule has 31 heavy (non-hydrogen) atoms. The molecule has 5 nitrogen and oxygen atoms in total. The van der Waals surface area contributed by atoms with Gasteiger partial charge in [0.15, 0.2) is 5.16 Å². The second-order valence-corrected chi connectivity index (χ2v) is 9.03. The SMILES string of the molecule is c1ccc(Cn2c(CN3CCCCC3)nnc2SCc2cccc3cccnc23)cc1. The van der Waals surface area contributed by atoms with E-state index in [-0.39, 0.29) is 0 Å². The lowest BCUT2D eigenvalue weighted by Crippen LogP contribution is -2.30. The third kappa shape index (κ3) is 4.81. The van der Waals surface area contributed by atoms with Crippen molar-refractivity contribution in [3.8, 4) is 0 Å².